The van der Waals surface area contributed by atoms with E-state index in [0.29, 0.717) is 22.6 Å². The maximum atomic E-state index is 12.6. The van der Waals surface area contributed by atoms with Crippen molar-refractivity contribution in [1.29, 1.82) is 0 Å². The van der Waals surface area contributed by atoms with Gasteiger partial charge in [0.2, 0.25) is 21.8 Å². The molecule has 0 spiro atoms. The van der Waals surface area contributed by atoms with Gasteiger partial charge in [-0.1, -0.05) is 12.1 Å². The highest BCUT2D eigenvalue weighted by Crippen LogP contribution is 2.15. The average Bonchev–Trinajstić information content (AvgIpc) is 2.83. The Balaban J connectivity index is 1.59. The Labute approximate surface area is 203 Å². The number of pyridine rings is 1. The van der Waals surface area contributed by atoms with Crippen LogP contribution in [0.2, 0.25) is 0 Å². The Hall–Kier alpha value is -4.09. The predicted molar refractivity (Wildman–Crippen MR) is 131 cm³/mol. The Kier molecular flexibility index (Phi) is 8.29. The van der Waals surface area contributed by atoms with Crippen molar-refractivity contribution in [2.75, 3.05) is 10.6 Å². The highest BCUT2D eigenvalue weighted by atomic mass is 32.2. The number of anilines is 2. The van der Waals surface area contributed by atoms with Gasteiger partial charge in [0.1, 0.15) is 0 Å². The Morgan fingerprint density at radius 2 is 1.66 bits per heavy atom. The highest BCUT2D eigenvalue weighted by Gasteiger charge is 2.22. The van der Waals surface area contributed by atoms with Crippen LogP contribution < -0.4 is 20.7 Å². The zero-order valence-electron chi connectivity index (χ0n) is 19.1. The maximum absolute atomic E-state index is 12.6. The van der Waals surface area contributed by atoms with E-state index in [4.69, 9.17) is 0 Å². The fourth-order valence-electron chi connectivity index (χ4n) is 3.04. The van der Waals surface area contributed by atoms with E-state index < -0.39 is 22.0 Å². The minimum absolute atomic E-state index is 0.0576. The second-order valence-electron chi connectivity index (χ2n) is 7.62. The second kappa shape index (κ2) is 11.4. The van der Waals surface area contributed by atoms with Crippen molar-refractivity contribution in [3.05, 3.63) is 84.2 Å². The monoisotopic (exact) mass is 495 g/mol. The van der Waals surface area contributed by atoms with E-state index in [-0.39, 0.29) is 23.3 Å². The third-order valence-electron chi connectivity index (χ3n) is 4.76. The summed E-state index contributed by atoms with van der Waals surface area (Å²) in [6, 6.07) is 16.1. The molecule has 182 valence electrons. The number of hydrogen-bond donors (Lipinski definition) is 4. The minimum atomic E-state index is -3.99. The van der Waals surface area contributed by atoms with Crippen LogP contribution in [-0.2, 0) is 26.2 Å². The van der Waals surface area contributed by atoms with Gasteiger partial charge in [0, 0.05) is 30.1 Å². The molecule has 1 heterocycles. The molecule has 10 nitrogen and oxygen atoms in total. The molecule has 0 saturated carbocycles. The minimum Gasteiger partial charge on any atom is -0.346 e. The van der Waals surface area contributed by atoms with Crippen LogP contribution in [0.15, 0.2) is 77.8 Å². The van der Waals surface area contributed by atoms with Crippen molar-refractivity contribution in [3.8, 4) is 0 Å². The van der Waals surface area contributed by atoms with Crippen LogP contribution in [0.25, 0.3) is 0 Å². The van der Waals surface area contributed by atoms with E-state index in [1.54, 1.807) is 36.5 Å². The average molecular weight is 496 g/mol. The van der Waals surface area contributed by atoms with E-state index in [1.165, 1.54) is 44.2 Å². The Morgan fingerprint density at radius 1 is 0.914 bits per heavy atom. The van der Waals surface area contributed by atoms with Crippen molar-refractivity contribution in [3.63, 3.8) is 0 Å². The molecule has 1 atom stereocenters. The van der Waals surface area contributed by atoms with Gasteiger partial charge < -0.3 is 16.0 Å². The van der Waals surface area contributed by atoms with Gasteiger partial charge in [-0.3, -0.25) is 19.4 Å². The zero-order valence-corrected chi connectivity index (χ0v) is 19.9. The van der Waals surface area contributed by atoms with Crippen LogP contribution in [0.1, 0.15) is 29.9 Å². The second-order valence-corrected chi connectivity index (χ2v) is 9.34. The summed E-state index contributed by atoms with van der Waals surface area (Å²) in [4.78, 5) is 40.2. The molecule has 0 unspecified atom stereocenters. The normalized spacial score (nSPS) is 11.8. The molecule has 2 aromatic carbocycles. The topological polar surface area (TPSA) is 146 Å². The van der Waals surface area contributed by atoms with Gasteiger partial charge in [0.25, 0.3) is 5.91 Å². The van der Waals surface area contributed by atoms with Crippen LogP contribution in [0.3, 0.4) is 0 Å². The molecule has 0 saturated heterocycles. The zero-order chi connectivity index (χ0) is 25.4. The van der Waals surface area contributed by atoms with Crippen molar-refractivity contribution in [2.24, 2.45) is 0 Å². The number of hydrogen-bond acceptors (Lipinski definition) is 6. The number of sulfonamides is 1. The van der Waals surface area contributed by atoms with Gasteiger partial charge in [0.15, 0.2) is 0 Å². The summed E-state index contributed by atoms with van der Waals surface area (Å²) in [5.41, 5.74) is 1.82. The highest BCUT2D eigenvalue weighted by molar-refractivity contribution is 7.89. The molecular formula is C24H25N5O5S. The number of benzene rings is 2. The lowest BCUT2D eigenvalue weighted by atomic mass is 10.1. The summed E-state index contributed by atoms with van der Waals surface area (Å²) in [6.07, 6.45) is 1.63. The molecule has 1 aromatic heterocycles. The fourth-order valence-corrected chi connectivity index (χ4v) is 4.24. The summed E-state index contributed by atoms with van der Waals surface area (Å²) < 4.78 is 27.6. The summed E-state index contributed by atoms with van der Waals surface area (Å²) in [6.45, 7) is 3.00. The maximum Gasteiger partial charge on any atom is 0.251 e. The van der Waals surface area contributed by atoms with Gasteiger partial charge in [0.05, 0.1) is 23.2 Å². The SMILES string of the molecule is CC(=O)Nc1ccc(S(=O)(=O)N[C@@H](C)C(=O)Nc2cccc(C(=O)NCc3ccccn3)c2)cc1. The quantitative estimate of drug-likeness (QED) is 0.358. The number of nitrogens with zero attached hydrogens (tertiary/aromatic N) is 1. The van der Waals surface area contributed by atoms with Crippen LogP contribution in [-0.4, -0.2) is 37.2 Å². The molecule has 3 rings (SSSR count). The van der Waals surface area contributed by atoms with E-state index in [9.17, 15) is 22.8 Å². The Bertz CT molecular complexity index is 1310. The molecule has 0 radical (unpaired) electrons. The lowest BCUT2D eigenvalue weighted by molar-refractivity contribution is -0.117. The first kappa shape index (κ1) is 25.5. The Morgan fingerprint density at radius 3 is 2.31 bits per heavy atom. The number of carbonyl (C=O) groups is 3. The molecule has 0 aliphatic heterocycles. The van der Waals surface area contributed by atoms with Crippen LogP contribution in [0.5, 0.6) is 0 Å². The molecule has 3 aromatic rings. The van der Waals surface area contributed by atoms with Crippen molar-refractivity contribution in [2.45, 2.75) is 31.3 Å². The summed E-state index contributed by atoms with van der Waals surface area (Å²) in [5.74, 6) is -1.23. The number of nitrogens with one attached hydrogen (secondary N) is 4. The van der Waals surface area contributed by atoms with Gasteiger partial charge >= 0.3 is 0 Å². The van der Waals surface area contributed by atoms with Crippen molar-refractivity contribution in [1.82, 2.24) is 15.0 Å². The molecule has 0 bridgehead atoms. The molecule has 0 aliphatic carbocycles. The summed E-state index contributed by atoms with van der Waals surface area (Å²) in [7, 11) is -3.99. The van der Waals surface area contributed by atoms with E-state index >= 15 is 0 Å². The molecule has 11 heteroatoms. The van der Waals surface area contributed by atoms with Crippen LogP contribution in [0, 0.1) is 0 Å². The third kappa shape index (κ3) is 7.45. The summed E-state index contributed by atoms with van der Waals surface area (Å²) in [5, 5.41) is 7.91. The van der Waals surface area contributed by atoms with Crippen molar-refractivity contribution < 1.29 is 22.8 Å². The molecule has 4 N–H and O–H groups in total. The number of amides is 3. The first-order valence-electron chi connectivity index (χ1n) is 10.6. The largest absolute Gasteiger partial charge is 0.346 e. The van der Waals surface area contributed by atoms with Gasteiger partial charge in [-0.05, 0) is 61.5 Å². The van der Waals surface area contributed by atoms with Gasteiger partial charge in [-0.2, -0.15) is 4.72 Å². The molecule has 3 amide bonds. The van der Waals surface area contributed by atoms with E-state index in [2.05, 4.69) is 25.7 Å². The summed E-state index contributed by atoms with van der Waals surface area (Å²) >= 11 is 0. The van der Waals surface area contributed by atoms with Crippen LogP contribution in [0.4, 0.5) is 11.4 Å². The lowest BCUT2D eigenvalue weighted by Gasteiger charge is -2.15. The first-order valence-corrected chi connectivity index (χ1v) is 12.1. The smallest absolute Gasteiger partial charge is 0.251 e. The third-order valence-corrected chi connectivity index (χ3v) is 6.32. The molecule has 0 aliphatic rings. The van der Waals surface area contributed by atoms with E-state index in [0.717, 1.165) is 0 Å². The van der Waals surface area contributed by atoms with Gasteiger partial charge in [-0.15, -0.1) is 0 Å². The number of carbonyl (C=O) groups excluding carboxylic acids is 3. The molecular weight excluding hydrogens is 470 g/mol. The standard InChI is InChI=1S/C24H25N5O5S/c1-16(29-35(33,34)22-11-9-19(10-12-22)27-17(2)30)23(31)28-20-8-5-6-18(14-20)24(32)26-15-21-7-3-4-13-25-21/h3-14,16,29H,15H2,1-2H3,(H,26,32)(H,27,30)(H,28,31)/t16-/m0/s1. The molecule has 0 fully saturated rings. The predicted octanol–water partition coefficient (Wildman–Crippen LogP) is 2.28. The van der Waals surface area contributed by atoms with Crippen LogP contribution >= 0.6 is 0 Å². The lowest BCUT2D eigenvalue weighted by Crippen LogP contribution is -2.41. The number of aromatic nitrogens is 1. The van der Waals surface area contributed by atoms with Gasteiger partial charge in [-0.25, -0.2) is 8.42 Å². The van der Waals surface area contributed by atoms with E-state index in [1.807, 2.05) is 6.07 Å². The van der Waals surface area contributed by atoms with Crippen molar-refractivity contribution >= 4 is 39.1 Å². The number of rotatable bonds is 9. The fraction of sp³-hybridized carbons (Fsp3) is 0.167. The molecule has 35 heavy (non-hydrogen) atoms. The first-order chi connectivity index (χ1) is 16.6.